The van der Waals surface area contributed by atoms with Gasteiger partial charge in [-0.1, -0.05) is 23.2 Å². The second-order valence-electron chi connectivity index (χ2n) is 4.81. The zero-order chi connectivity index (χ0) is 16.8. The Labute approximate surface area is 144 Å². The second kappa shape index (κ2) is 8.06. The normalized spacial score (nSPS) is 10.4. The summed E-state index contributed by atoms with van der Waals surface area (Å²) < 4.78 is 4.92. The lowest BCUT2D eigenvalue weighted by Crippen LogP contribution is -2.27. The predicted octanol–water partition coefficient (Wildman–Crippen LogP) is 3.70. The third-order valence-corrected chi connectivity index (χ3v) is 3.82. The van der Waals surface area contributed by atoms with Crippen LogP contribution in [0.15, 0.2) is 36.4 Å². The molecule has 0 aliphatic rings. The molecule has 2 rings (SSSR count). The molecule has 0 aromatic heterocycles. The minimum Gasteiger partial charge on any atom is -0.399 e. The van der Waals surface area contributed by atoms with E-state index in [2.05, 4.69) is 10.6 Å². The van der Waals surface area contributed by atoms with Crippen molar-refractivity contribution < 1.29 is 9.53 Å². The molecule has 0 fully saturated rings. The number of halogens is 2. The van der Waals surface area contributed by atoms with Crippen LogP contribution in [0.1, 0.15) is 10.4 Å². The maximum Gasteiger partial charge on any atom is 0.253 e. The summed E-state index contributed by atoms with van der Waals surface area (Å²) in [6.45, 7) is 0.847. The van der Waals surface area contributed by atoms with Crippen molar-refractivity contribution >= 4 is 46.2 Å². The van der Waals surface area contributed by atoms with Crippen molar-refractivity contribution in [1.82, 2.24) is 5.32 Å². The van der Waals surface area contributed by atoms with Crippen LogP contribution in [0.3, 0.4) is 0 Å². The Hall–Kier alpha value is -1.95. The van der Waals surface area contributed by atoms with Crippen LogP contribution in [0, 0.1) is 0 Å². The largest absolute Gasteiger partial charge is 0.399 e. The SMILES string of the molecule is COCCNC(=O)c1cc(N)ccc1Nc1ccc(Cl)c(Cl)c1. The van der Waals surface area contributed by atoms with Crippen molar-refractivity contribution in [3.63, 3.8) is 0 Å². The maximum absolute atomic E-state index is 12.3. The standard InChI is InChI=1S/C16H17Cl2N3O2/c1-23-7-6-20-16(22)12-8-10(19)2-5-15(12)21-11-3-4-13(17)14(18)9-11/h2-5,8-9,21H,6-7,19H2,1H3,(H,20,22). The number of nitrogens with two attached hydrogens (primary N) is 1. The summed E-state index contributed by atoms with van der Waals surface area (Å²) in [4.78, 5) is 12.3. The van der Waals surface area contributed by atoms with Crippen LogP contribution < -0.4 is 16.4 Å². The van der Waals surface area contributed by atoms with Gasteiger partial charge < -0.3 is 21.1 Å². The monoisotopic (exact) mass is 353 g/mol. The first-order chi connectivity index (χ1) is 11.0. The van der Waals surface area contributed by atoms with Crippen LogP contribution >= 0.6 is 23.2 Å². The van der Waals surface area contributed by atoms with Crippen molar-refractivity contribution in [1.29, 1.82) is 0 Å². The van der Waals surface area contributed by atoms with Gasteiger partial charge in [-0.2, -0.15) is 0 Å². The van der Waals surface area contributed by atoms with E-state index >= 15 is 0 Å². The number of carbonyl (C=O) groups is 1. The van der Waals surface area contributed by atoms with E-state index in [1.54, 1.807) is 43.5 Å². The third kappa shape index (κ3) is 4.76. The highest BCUT2D eigenvalue weighted by Gasteiger charge is 2.12. The molecular formula is C16H17Cl2N3O2. The van der Waals surface area contributed by atoms with E-state index in [1.807, 2.05) is 0 Å². The fourth-order valence-corrected chi connectivity index (χ4v) is 2.25. The number of carbonyl (C=O) groups excluding carboxylic acids is 1. The Bertz CT molecular complexity index is 708. The molecule has 122 valence electrons. The van der Waals surface area contributed by atoms with Crippen LogP contribution in [-0.4, -0.2) is 26.2 Å². The maximum atomic E-state index is 12.3. The van der Waals surface area contributed by atoms with E-state index in [4.69, 9.17) is 33.7 Å². The zero-order valence-electron chi connectivity index (χ0n) is 12.5. The molecule has 2 aromatic carbocycles. The van der Waals surface area contributed by atoms with E-state index < -0.39 is 0 Å². The van der Waals surface area contributed by atoms with E-state index in [0.29, 0.717) is 40.1 Å². The van der Waals surface area contributed by atoms with Crippen molar-refractivity contribution in [3.8, 4) is 0 Å². The molecule has 2 aromatic rings. The molecule has 0 aliphatic heterocycles. The zero-order valence-corrected chi connectivity index (χ0v) is 14.0. The van der Waals surface area contributed by atoms with Crippen LogP contribution in [-0.2, 0) is 4.74 Å². The average molecular weight is 354 g/mol. The minimum atomic E-state index is -0.239. The minimum absolute atomic E-state index is 0.239. The molecular weight excluding hydrogens is 337 g/mol. The molecule has 1 amide bonds. The fraction of sp³-hybridized carbons (Fsp3) is 0.188. The fourth-order valence-electron chi connectivity index (χ4n) is 1.95. The molecule has 0 spiro atoms. The summed E-state index contributed by atoms with van der Waals surface area (Å²) in [6.07, 6.45) is 0. The summed E-state index contributed by atoms with van der Waals surface area (Å²) in [5, 5.41) is 6.81. The predicted molar refractivity (Wildman–Crippen MR) is 94.8 cm³/mol. The van der Waals surface area contributed by atoms with Gasteiger partial charge in [0.05, 0.1) is 27.9 Å². The first-order valence-electron chi connectivity index (χ1n) is 6.90. The number of anilines is 3. The molecule has 0 aliphatic carbocycles. The van der Waals surface area contributed by atoms with Gasteiger partial charge in [0.25, 0.3) is 5.91 Å². The van der Waals surface area contributed by atoms with Crippen LogP contribution in [0.5, 0.6) is 0 Å². The molecule has 0 unspecified atom stereocenters. The van der Waals surface area contributed by atoms with Crippen LogP contribution in [0.25, 0.3) is 0 Å². The number of benzene rings is 2. The molecule has 23 heavy (non-hydrogen) atoms. The molecule has 0 saturated carbocycles. The summed E-state index contributed by atoms with van der Waals surface area (Å²) >= 11 is 11.9. The van der Waals surface area contributed by atoms with Gasteiger partial charge in [0.1, 0.15) is 0 Å². The van der Waals surface area contributed by atoms with Crippen LogP contribution in [0.2, 0.25) is 10.0 Å². The topological polar surface area (TPSA) is 76.4 Å². The summed E-state index contributed by atoms with van der Waals surface area (Å²) in [5.74, 6) is -0.239. The number of methoxy groups -OCH3 is 1. The third-order valence-electron chi connectivity index (χ3n) is 3.08. The lowest BCUT2D eigenvalue weighted by Gasteiger charge is -2.13. The van der Waals surface area contributed by atoms with Crippen molar-refractivity contribution in [3.05, 3.63) is 52.0 Å². The number of hydrogen-bond donors (Lipinski definition) is 3. The van der Waals surface area contributed by atoms with Gasteiger partial charge in [-0.25, -0.2) is 0 Å². The summed E-state index contributed by atoms with van der Waals surface area (Å²) in [7, 11) is 1.57. The lowest BCUT2D eigenvalue weighted by atomic mass is 10.1. The number of rotatable bonds is 6. The van der Waals surface area contributed by atoms with Gasteiger partial charge in [-0.15, -0.1) is 0 Å². The Balaban J connectivity index is 2.23. The van der Waals surface area contributed by atoms with Gasteiger partial charge in [-0.05, 0) is 36.4 Å². The number of nitrogen functional groups attached to an aromatic ring is 1. The Morgan fingerprint density at radius 3 is 2.65 bits per heavy atom. The van der Waals surface area contributed by atoms with E-state index in [9.17, 15) is 4.79 Å². The summed E-state index contributed by atoms with van der Waals surface area (Å²) in [6, 6.07) is 10.2. The number of amides is 1. The molecule has 0 heterocycles. The molecule has 0 bridgehead atoms. The molecule has 0 saturated heterocycles. The van der Waals surface area contributed by atoms with Gasteiger partial charge in [-0.3, -0.25) is 4.79 Å². The Kier molecular flexibility index (Phi) is 6.10. The number of ether oxygens (including phenoxy) is 1. The highest BCUT2D eigenvalue weighted by Crippen LogP contribution is 2.28. The molecule has 7 heteroatoms. The van der Waals surface area contributed by atoms with Crippen molar-refractivity contribution in [2.24, 2.45) is 0 Å². The van der Waals surface area contributed by atoms with Crippen LogP contribution in [0.4, 0.5) is 17.1 Å². The Morgan fingerprint density at radius 1 is 1.17 bits per heavy atom. The van der Waals surface area contributed by atoms with E-state index in [0.717, 1.165) is 5.69 Å². The second-order valence-corrected chi connectivity index (χ2v) is 5.62. The lowest BCUT2D eigenvalue weighted by molar-refractivity contribution is 0.0938. The highest BCUT2D eigenvalue weighted by atomic mass is 35.5. The van der Waals surface area contributed by atoms with E-state index in [-0.39, 0.29) is 5.91 Å². The summed E-state index contributed by atoms with van der Waals surface area (Å²) in [5.41, 5.74) is 8.06. The first kappa shape index (κ1) is 17.4. The number of hydrogen-bond acceptors (Lipinski definition) is 4. The van der Waals surface area contributed by atoms with Gasteiger partial charge in [0.2, 0.25) is 0 Å². The quantitative estimate of drug-likeness (QED) is 0.546. The van der Waals surface area contributed by atoms with Crippen molar-refractivity contribution in [2.45, 2.75) is 0 Å². The average Bonchev–Trinajstić information content (AvgIpc) is 2.52. The highest BCUT2D eigenvalue weighted by molar-refractivity contribution is 6.42. The Morgan fingerprint density at radius 2 is 1.96 bits per heavy atom. The number of nitrogens with one attached hydrogen (secondary N) is 2. The molecule has 0 radical (unpaired) electrons. The molecule has 4 N–H and O–H groups in total. The first-order valence-corrected chi connectivity index (χ1v) is 7.65. The van der Waals surface area contributed by atoms with Gasteiger partial charge >= 0.3 is 0 Å². The van der Waals surface area contributed by atoms with E-state index in [1.165, 1.54) is 0 Å². The van der Waals surface area contributed by atoms with Gasteiger partial charge in [0, 0.05) is 25.0 Å². The smallest absolute Gasteiger partial charge is 0.253 e. The van der Waals surface area contributed by atoms with Crippen molar-refractivity contribution in [2.75, 3.05) is 31.3 Å². The van der Waals surface area contributed by atoms with Gasteiger partial charge in [0.15, 0.2) is 0 Å². The molecule has 5 nitrogen and oxygen atoms in total. The molecule has 0 atom stereocenters.